The van der Waals surface area contributed by atoms with Gasteiger partial charge in [0.05, 0.1) is 9.79 Å². The minimum Gasteiger partial charge on any atom is -0.280 e. The lowest BCUT2D eigenvalue weighted by molar-refractivity contribution is 0.595. The normalized spacial score (nSPS) is 12.0. The molecule has 3 aromatic rings. The van der Waals surface area contributed by atoms with Gasteiger partial charge in [-0.15, -0.1) is 11.3 Å². The molecule has 6 nitrogen and oxygen atoms in total. The van der Waals surface area contributed by atoms with Crippen molar-refractivity contribution in [2.75, 3.05) is 4.72 Å². The van der Waals surface area contributed by atoms with E-state index >= 15 is 0 Å². The lowest BCUT2D eigenvalue weighted by Crippen LogP contribution is -2.13. The zero-order valence-electron chi connectivity index (χ0n) is 13.2. The van der Waals surface area contributed by atoms with E-state index in [4.69, 9.17) is 0 Å². The molecule has 0 atom stereocenters. The molecule has 136 valence electrons. The van der Waals surface area contributed by atoms with Gasteiger partial charge in [-0.25, -0.2) is 21.8 Å². The average Bonchev–Trinajstić information content (AvgIpc) is 3.07. The van der Waals surface area contributed by atoms with Crippen molar-refractivity contribution < 1.29 is 16.8 Å². The number of hydrogen-bond donors (Lipinski definition) is 1. The fourth-order valence-electron chi connectivity index (χ4n) is 2.13. The quantitative estimate of drug-likeness (QED) is 0.590. The Bertz CT molecular complexity index is 1090. The zero-order valence-corrected chi connectivity index (χ0v) is 17.2. The number of nitrogens with one attached hydrogen (secondary N) is 1. The van der Waals surface area contributed by atoms with Gasteiger partial charge in [0.15, 0.2) is 9.84 Å². The average molecular weight is 473 g/mol. The molecule has 26 heavy (non-hydrogen) atoms. The number of halogens is 1. The second-order valence-electron chi connectivity index (χ2n) is 5.27. The first-order chi connectivity index (χ1) is 12.3. The van der Waals surface area contributed by atoms with Crippen molar-refractivity contribution in [3.8, 4) is 0 Å². The molecule has 0 spiro atoms. The number of thiazole rings is 1. The van der Waals surface area contributed by atoms with E-state index in [1.807, 2.05) is 0 Å². The standard InChI is InChI=1S/C16H13BrN2O4S3/c17-12-1-5-15(6-2-12)26(22,23)19-13-3-7-14(8-4-13)25(20,21)11-16-18-9-10-24-16/h1-10,19H,11H2. The maximum Gasteiger partial charge on any atom is 0.261 e. The van der Waals surface area contributed by atoms with Gasteiger partial charge in [0.2, 0.25) is 0 Å². The molecule has 0 unspecified atom stereocenters. The van der Waals surface area contributed by atoms with Crippen LogP contribution in [0, 0.1) is 0 Å². The summed E-state index contributed by atoms with van der Waals surface area (Å²) in [6.07, 6.45) is 1.55. The molecule has 0 fully saturated rings. The number of nitrogens with zero attached hydrogens (tertiary/aromatic N) is 1. The van der Waals surface area contributed by atoms with E-state index in [9.17, 15) is 16.8 Å². The van der Waals surface area contributed by atoms with Gasteiger partial charge in [-0.05, 0) is 48.5 Å². The summed E-state index contributed by atoms with van der Waals surface area (Å²) < 4.78 is 52.7. The van der Waals surface area contributed by atoms with Crippen molar-refractivity contribution in [2.45, 2.75) is 15.5 Å². The Morgan fingerprint density at radius 3 is 2.12 bits per heavy atom. The van der Waals surface area contributed by atoms with Crippen molar-refractivity contribution >= 4 is 52.8 Å². The topological polar surface area (TPSA) is 93.2 Å². The van der Waals surface area contributed by atoms with Crippen LogP contribution in [-0.2, 0) is 25.6 Å². The van der Waals surface area contributed by atoms with Gasteiger partial charge in [-0.3, -0.25) is 4.72 Å². The van der Waals surface area contributed by atoms with Crippen LogP contribution in [-0.4, -0.2) is 21.8 Å². The highest BCUT2D eigenvalue weighted by Crippen LogP contribution is 2.22. The largest absolute Gasteiger partial charge is 0.280 e. The Balaban J connectivity index is 1.78. The Morgan fingerprint density at radius 1 is 0.923 bits per heavy atom. The molecule has 10 heteroatoms. The van der Waals surface area contributed by atoms with Crippen LogP contribution < -0.4 is 4.72 Å². The SMILES string of the molecule is O=S(=O)(Cc1nccs1)c1ccc(NS(=O)(=O)c2ccc(Br)cc2)cc1. The second-order valence-corrected chi connectivity index (χ2v) is 10.8. The van der Waals surface area contributed by atoms with Gasteiger partial charge in [-0.2, -0.15) is 0 Å². The maximum absolute atomic E-state index is 12.4. The summed E-state index contributed by atoms with van der Waals surface area (Å²) in [6.45, 7) is 0. The number of rotatable bonds is 6. The summed E-state index contributed by atoms with van der Waals surface area (Å²) >= 11 is 4.52. The number of aromatic nitrogens is 1. The summed E-state index contributed by atoms with van der Waals surface area (Å²) in [5.74, 6) is -0.186. The molecule has 2 aromatic carbocycles. The van der Waals surface area contributed by atoms with Crippen LogP contribution in [0.3, 0.4) is 0 Å². The van der Waals surface area contributed by atoms with Crippen LogP contribution in [0.2, 0.25) is 0 Å². The van der Waals surface area contributed by atoms with Crippen LogP contribution >= 0.6 is 27.3 Å². The van der Waals surface area contributed by atoms with Gasteiger partial charge in [-0.1, -0.05) is 15.9 Å². The van der Waals surface area contributed by atoms with Crippen molar-refractivity contribution in [1.29, 1.82) is 0 Å². The minimum absolute atomic E-state index is 0.110. The van der Waals surface area contributed by atoms with Gasteiger partial charge in [0.1, 0.15) is 10.8 Å². The first kappa shape index (κ1) is 19.0. The van der Waals surface area contributed by atoms with Gasteiger partial charge < -0.3 is 0 Å². The molecule has 0 aliphatic rings. The third-order valence-corrected chi connectivity index (χ3v) is 7.92. The molecule has 0 aliphatic heterocycles. The molecule has 1 aromatic heterocycles. The Morgan fingerprint density at radius 2 is 1.54 bits per heavy atom. The molecule has 3 rings (SSSR count). The number of benzene rings is 2. The predicted octanol–water partition coefficient (Wildman–Crippen LogP) is 3.68. The lowest BCUT2D eigenvalue weighted by Gasteiger charge is -2.09. The van der Waals surface area contributed by atoms with Crippen LogP contribution in [0.1, 0.15) is 5.01 Å². The molecule has 1 heterocycles. The van der Waals surface area contributed by atoms with E-state index in [-0.39, 0.29) is 21.2 Å². The van der Waals surface area contributed by atoms with Crippen LogP contribution in [0.25, 0.3) is 0 Å². The van der Waals surface area contributed by atoms with Gasteiger partial charge in [0, 0.05) is 21.7 Å². The zero-order chi connectivity index (χ0) is 18.8. The molecular formula is C16H13BrN2O4S3. The van der Waals surface area contributed by atoms with Crippen LogP contribution in [0.15, 0.2) is 74.4 Å². The number of sulfonamides is 1. The summed E-state index contributed by atoms with van der Waals surface area (Å²) in [6, 6.07) is 11.8. The fourth-order valence-corrected chi connectivity index (χ4v) is 5.71. The third kappa shape index (κ3) is 4.50. The maximum atomic E-state index is 12.4. The van der Waals surface area contributed by atoms with E-state index in [2.05, 4.69) is 25.6 Å². The molecule has 1 N–H and O–H groups in total. The smallest absolute Gasteiger partial charge is 0.261 e. The summed E-state index contributed by atoms with van der Waals surface area (Å²) in [4.78, 5) is 4.20. The van der Waals surface area contributed by atoms with E-state index in [1.165, 1.54) is 47.7 Å². The first-order valence-electron chi connectivity index (χ1n) is 7.26. The van der Waals surface area contributed by atoms with Crippen molar-refractivity contribution in [1.82, 2.24) is 4.98 Å². The Hall–Kier alpha value is -1.75. The number of sulfone groups is 1. The van der Waals surface area contributed by atoms with E-state index in [1.54, 1.807) is 23.7 Å². The van der Waals surface area contributed by atoms with Crippen molar-refractivity contribution in [2.24, 2.45) is 0 Å². The highest BCUT2D eigenvalue weighted by atomic mass is 79.9. The predicted molar refractivity (Wildman–Crippen MR) is 104 cm³/mol. The van der Waals surface area contributed by atoms with E-state index in [0.717, 1.165) is 4.47 Å². The highest BCUT2D eigenvalue weighted by molar-refractivity contribution is 9.10. The minimum atomic E-state index is -3.75. The molecule has 0 saturated heterocycles. The fraction of sp³-hybridized carbons (Fsp3) is 0.0625. The monoisotopic (exact) mass is 472 g/mol. The second kappa shape index (κ2) is 7.47. The van der Waals surface area contributed by atoms with Gasteiger partial charge >= 0.3 is 0 Å². The molecule has 0 aliphatic carbocycles. The Labute approximate surface area is 164 Å². The van der Waals surface area contributed by atoms with Crippen molar-refractivity contribution in [3.05, 3.63) is 69.6 Å². The van der Waals surface area contributed by atoms with E-state index < -0.39 is 19.9 Å². The summed E-state index contributed by atoms with van der Waals surface area (Å²) in [5.41, 5.74) is 0.279. The first-order valence-corrected chi connectivity index (χ1v) is 12.1. The molecule has 0 saturated carbocycles. The summed E-state index contributed by atoms with van der Waals surface area (Å²) in [5, 5.41) is 2.22. The number of anilines is 1. The third-order valence-electron chi connectivity index (χ3n) is 3.39. The lowest BCUT2D eigenvalue weighted by atomic mass is 10.3. The molecule has 0 radical (unpaired) electrons. The van der Waals surface area contributed by atoms with Crippen LogP contribution in [0.4, 0.5) is 5.69 Å². The molecular weight excluding hydrogens is 460 g/mol. The summed E-state index contributed by atoms with van der Waals surface area (Å²) in [7, 11) is -7.28. The molecule has 0 amide bonds. The van der Waals surface area contributed by atoms with E-state index in [0.29, 0.717) is 5.01 Å². The van der Waals surface area contributed by atoms with Crippen molar-refractivity contribution in [3.63, 3.8) is 0 Å². The Kier molecular flexibility index (Phi) is 5.47. The van der Waals surface area contributed by atoms with Gasteiger partial charge in [0.25, 0.3) is 10.0 Å². The highest BCUT2D eigenvalue weighted by Gasteiger charge is 2.18. The van der Waals surface area contributed by atoms with Crippen LogP contribution in [0.5, 0.6) is 0 Å². The molecule has 0 bridgehead atoms. The number of hydrogen-bond acceptors (Lipinski definition) is 6.